The molecule has 10 heteroatoms. The number of esters is 1. The smallest absolute Gasteiger partial charge is 0.306 e. The number of nitrogens with zero attached hydrogens (tertiary/aromatic N) is 1. The van der Waals surface area contributed by atoms with E-state index in [1.807, 2.05) is 33.3 Å². The zero-order valence-corrected chi connectivity index (χ0v) is 45.2. The van der Waals surface area contributed by atoms with Gasteiger partial charge in [0.1, 0.15) is 19.3 Å². The van der Waals surface area contributed by atoms with Gasteiger partial charge in [-0.3, -0.25) is 14.2 Å². The lowest BCUT2D eigenvalue weighted by Gasteiger charge is -2.30. The predicted octanol–water partition coefficient (Wildman–Crippen LogP) is 15.7. The Morgan fingerprint density at radius 2 is 0.896 bits per heavy atom. The van der Waals surface area contributed by atoms with E-state index in [1.165, 1.54) is 89.9 Å². The molecule has 0 aromatic carbocycles. The number of hydrogen-bond acceptors (Lipinski definition) is 7. The molecule has 1 N–H and O–H groups in total. The number of quaternary nitrogens is 1. The van der Waals surface area contributed by atoms with Crippen molar-refractivity contribution in [2.45, 2.75) is 251 Å². The van der Waals surface area contributed by atoms with Crippen molar-refractivity contribution in [2.24, 2.45) is 0 Å². The van der Waals surface area contributed by atoms with Crippen molar-refractivity contribution in [1.29, 1.82) is 0 Å². The second-order valence-electron chi connectivity index (χ2n) is 19.8. The van der Waals surface area contributed by atoms with E-state index in [-0.39, 0.29) is 24.9 Å². The van der Waals surface area contributed by atoms with Crippen LogP contribution in [0.4, 0.5) is 0 Å². The van der Waals surface area contributed by atoms with Gasteiger partial charge in [0.2, 0.25) is 5.91 Å². The maximum absolute atomic E-state index is 13.4. The Hall–Kier alpha value is -2.29. The van der Waals surface area contributed by atoms with Crippen LogP contribution in [0.3, 0.4) is 0 Å². The Labute approximate surface area is 413 Å². The van der Waals surface area contributed by atoms with Crippen molar-refractivity contribution in [3.05, 3.63) is 60.8 Å². The van der Waals surface area contributed by atoms with Crippen LogP contribution in [-0.4, -0.2) is 69.4 Å². The third-order valence-corrected chi connectivity index (χ3v) is 12.9. The van der Waals surface area contributed by atoms with Crippen LogP contribution in [-0.2, 0) is 27.9 Å². The van der Waals surface area contributed by atoms with E-state index in [9.17, 15) is 19.0 Å². The third kappa shape index (κ3) is 48.5. The van der Waals surface area contributed by atoms with Crippen LogP contribution in [0.5, 0.6) is 0 Å². The van der Waals surface area contributed by atoms with Gasteiger partial charge in [0.25, 0.3) is 7.82 Å². The van der Waals surface area contributed by atoms with E-state index in [1.54, 1.807) is 0 Å². The average molecular weight is 961 g/mol. The molecule has 0 fully saturated rings. The van der Waals surface area contributed by atoms with E-state index in [4.69, 9.17) is 13.8 Å². The molecule has 0 saturated heterocycles. The maximum atomic E-state index is 13.4. The second kappa shape index (κ2) is 47.4. The number of carbonyl (C=O) groups is 2. The van der Waals surface area contributed by atoms with E-state index >= 15 is 0 Å². The lowest BCUT2D eigenvalue weighted by Crippen LogP contribution is -2.47. The van der Waals surface area contributed by atoms with E-state index in [0.717, 1.165) is 109 Å². The molecule has 1 amide bonds. The Morgan fingerprint density at radius 1 is 0.522 bits per heavy atom. The third-order valence-electron chi connectivity index (χ3n) is 12.0. The summed E-state index contributed by atoms with van der Waals surface area (Å²) in [5, 5.41) is 3.00. The van der Waals surface area contributed by atoms with Crippen LogP contribution in [0.1, 0.15) is 239 Å². The minimum atomic E-state index is -4.70. The molecule has 0 spiro atoms. The lowest BCUT2D eigenvalue weighted by atomic mass is 10.1. The van der Waals surface area contributed by atoms with Crippen LogP contribution in [0.25, 0.3) is 0 Å². The van der Waals surface area contributed by atoms with Gasteiger partial charge in [-0.15, -0.1) is 0 Å². The molecule has 0 aromatic rings. The van der Waals surface area contributed by atoms with Crippen molar-refractivity contribution in [3.63, 3.8) is 0 Å². The second-order valence-corrected chi connectivity index (χ2v) is 21.2. The van der Waals surface area contributed by atoms with Crippen molar-refractivity contribution in [2.75, 3.05) is 40.9 Å². The van der Waals surface area contributed by atoms with E-state index < -0.39 is 26.6 Å². The van der Waals surface area contributed by atoms with Crippen molar-refractivity contribution < 1.29 is 37.3 Å². The number of likely N-dealkylation sites (N-methyl/N-ethyl adjacent to an activating group) is 1. The molecule has 67 heavy (non-hydrogen) atoms. The summed E-state index contributed by atoms with van der Waals surface area (Å²) in [5.41, 5.74) is 0. The Balaban J connectivity index is 5.40. The number of amides is 1. The number of unbranched alkanes of at least 4 members (excludes halogenated alkanes) is 27. The van der Waals surface area contributed by atoms with Crippen LogP contribution in [0.15, 0.2) is 60.8 Å². The van der Waals surface area contributed by atoms with Crippen LogP contribution in [0.2, 0.25) is 0 Å². The SMILES string of the molecule is CCCCC/C=C/C=C/CCCCCCCCC(=O)NC(COP(=O)([O-])OCC[N+](C)(C)C)C(/C=C/CCCCCCCCCCC)OC(=O)CCCCCCCC/C=C/C=C/CCCCC. The largest absolute Gasteiger partial charge is 0.756 e. The van der Waals surface area contributed by atoms with E-state index in [2.05, 4.69) is 74.7 Å². The average Bonchev–Trinajstić information content (AvgIpc) is 3.28. The number of rotatable bonds is 49. The molecule has 0 bridgehead atoms. The quantitative estimate of drug-likeness (QED) is 0.0161. The highest BCUT2D eigenvalue weighted by atomic mass is 31.2. The minimum Gasteiger partial charge on any atom is -0.756 e. The van der Waals surface area contributed by atoms with Crippen LogP contribution < -0.4 is 10.2 Å². The van der Waals surface area contributed by atoms with Crippen molar-refractivity contribution in [3.8, 4) is 0 Å². The first-order valence-corrected chi connectivity index (χ1v) is 29.1. The molecule has 0 heterocycles. The number of phosphoric ester groups is 1. The molecule has 3 unspecified atom stereocenters. The molecule has 0 aliphatic heterocycles. The van der Waals surface area contributed by atoms with Gasteiger partial charge in [-0.2, -0.15) is 0 Å². The normalized spacial score (nSPS) is 14.3. The standard InChI is InChI=1S/C57H105N2O7P/c1-7-10-13-16-19-22-25-27-29-31-34-37-40-43-46-49-56(60)58-54(53-65-67(62,63)64-52-51-59(4,5)6)55(48-45-42-39-36-33-24-21-18-15-12-9-3)66-57(61)50-47-44-41-38-35-32-30-28-26-23-20-17-14-11-8-2/h19-20,22-23,25-28,45,48,54-55H,7-18,21,24,29-44,46-47,49-53H2,1-6H3,(H-,58,60,62,63)/b22-19+,23-20+,27-25+,28-26+,48-45+. The van der Waals surface area contributed by atoms with Gasteiger partial charge in [-0.05, 0) is 83.1 Å². The lowest BCUT2D eigenvalue weighted by molar-refractivity contribution is -0.870. The summed E-state index contributed by atoms with van der Waals surface area (Å²) in [6.45, 7) is 6.75. The molecule has 390 valence electrons. The van der Waals surface area contributed by atoms with Gasteiger partial charge in [0, 0.05) is 12.8 Å². The predicted molar refractivity (Wildman–Crippen MR) is 284 cm³/mol. The van der Waals surface area contributed by atoms with Crippen LogP contribution >= 0.6 is 7.82 Å². The van der Waals surface area contributed by atoms with Gasteiger partial charge in [0.05, 0.1) is 33.8 Å². The number of nitrogens with one attached hydrogen (secondary N) is 1. The van der Waals surface area contributed by atoms with Crippen LogP contribution in [0, 0.1) is 0 Å². The Morgan fingerprint density at radius 3 is 1.34 bits per heavy atom. The van der Waals surface area contributed by atoms with Gasteiger partial charge in [0.15, 0.2) is 0 Å². The summed E-state index contributed by atoms with van der Waals surface area (Å²) >= 11 is 0. The number of allylic oxidation sites excluding steroid dienone is 9. The summed E-state index contributed by atoms with van der Waals surface area (Å²) < 4.78 is 30.2. The monoisotopic (exact) mass is 961 g/mol. The number of phosphoric acid groups is 1. The minimum absolute atomic E-state index is 0.0283. The van der Waals surface area contributed by atoms with Crippen molar-refractivity contribution >= 4 is 19.7 Å². The highest BCUT2D eigenvalue weighted by Gasteiger charge is 2.27. The molecular weight excluding hydrogens is 856 g/mol. The van der Waals surface area contributed by atoms with E-state index in [0.29, 0.717) is 23.9 Å². The van der Waals surface area contributed by atoms with Gasteiger partial charge in [-0.25, -0.2) is 0 Å². The summed E-state index contributed by atoms with van der Waals surface area (Å²) in [5.74, 6) is -0.570. The molecule has 0 radical (unpaired) electrons. The summed E-state index contributed by atoms with van der Waals surface area (Å²) in [6.07, 6.45) is 57.5. The zero-order valence-electron chi connectivity index (χ0n) is 44.3. The molecular formula is C57H105N2O7P. The zero-order chi connectivity index (χ0) is 49.4. The van der Waals surface area contributed by atoms with Gasteiger partial charge in [-0.1, -0.05) is 204 Å². The molecule has 0 rings (SSSR count). The summed E-state index contributed by atoms with van der Waals surface area (Å²) in [7, 11) is 1.16. The van der Waals surface area contributed by atoms with Gasteiger partial charge >= 0.3 is 5.97 Å². The fourth-order valence-electron chi connectivity index (χ4n) is 7.62. The van der Waals surface area contributed by atoms with Crippen molar-refractivity contribution in [1.82, 2.24) is 5.32 Å². The highest BCUT2D eigenvalue weighted by molar-refractivity contribution is 7.45. The first-order valence-electron chi connectivity index (χ1n) is 27.6. The molecule has 3 atom stereocenters. The molecule has 0 aliphatic carbocycles. The maximum Gasteiger partial charge on any atom is 0.306 e. The summed E-state index contributed by atoms with van der Waals surface area (Å²) in [6, 6.07) is -0.898. The topological polar surface area (TPSA) is 114 Å². The molecule has 0 aromatic heterocycles. The van der Waals surface area contributed by atoms with Gasteiger partial charge < -0.3 is 28.5 Å². The summed E-state index contributed by atoms with van der Waals surface area (Å²) in [4.78, 5) is 39.7. The first-order chi connectivity index (χ1) is 32.4. The number of carbonyl (C=O) groups excluding carboxylic acids is 2. The highest BCUT2D eigenvalue weighted by Crippen LogP contribution is 2.38. The Bertz CT molecular complexity index is 1340. The molecule has 9 nitrogen and oxygen atoms in total. The first kappa shape index (κ1) is 64.7. The molecule has 0 aliphatic rings. The fourth-order valence-corrected chi connectivity index (χ4v) is 8.34. The molecule has 0 saturated carbocycles. The Kier molecular flexibility index (Phi) is 45.8. The number of ether oxygens (including phenoxy) is 1. The fraction of sp³-hybridized carbons (Fsp3) is 0.789. The number of hydrogen-bond donors (Lipinski definition) is 1.